The van der Waals surface area contributed by atoms with E-state index in [9.17, 15) is 29.5 Å². The Morgan fingerprint density at radius 2 is 1.47 bits per heavy atom. The summed E-state index contributed by atoms with van der Waals surface area (Å²) in [5, 5.41) is 26.0. The minimum atomic E-state index is -1.15. The molecule has 2 heterocycles. The Bertz CT molecular complexity index is 1980. The van der Waals surface area contributed by atoms with Crippen molar-refractivity contribution in [2.24, 2.45) is 28.7 Å². The third kappa shape index (κ3) is 3.88. The highest BCUT2D eigenvalue weighted by atomic mass is 16.7. The summed E-state index contributed by atoms with van der Waals surface area (Å²) in [4.78, 5) is 51.6. The highest BCUT2D eigenvalue weighted by Gasteiger charge is 2.50. The first-order chi connectivity index (χ1) is 21.7. The first-order valence-corrected chi connectivity index (χ1v) is 14.3. The van der Waals surface area contributed by atoms with Gasteiger partial charge in [-0.1, -0.05) is 12.1 Å². The van der Waals surface area contributed by atoms with Crippen molar-refractivity contribution in [3.63, 3.8) is 0 Å². The number of carbonyl (C=O) groups is 3. The fourth-order valence-corrected chi connectivity index (χ4v) is 7.42. The minimum Gasteiger partial charge on any atom is -0.511 e. The highest BCUT2D eigenvalue weighted by molar-refractivity contribution is 6.20. The predicted molar refractivity (Wildman–Crippen MR) is 156 cm³/mol. The summed E-state index contributed by atoms with van der Waals surface area (Å²) >= 11 is 0. The molecule has 0 spiro atoms. The number of benzene rings is 3. The molecule has 2 aliphatic heterocycles. The zero-order valence-electron chi connectivity index (χ0n) is 23.5. The number of fused-ring (bicyclic) bond motifs is 5. The van der Waals surface area contributed by atoms with Crippen molar-refractivity contribution in [3.8, 4) is 51.0 Å². The molecule has 226 valence electrons. The maximum atomic E-state index is 14.5. The van der Waals surface area contributed by atoms with Gasteiger partial charge in [-0.3, -0.25) is 14.4 Å². The number of hydrogen-bond acceptors (Lipinski definition) is 11. The molecule has 45 heavy (non-hydrogen) atoms. The van der Waals surface area contributed by atoms with Gasteiger partial charge < -0.3 is 34.9 Å². The van der Waals surface area contributed by atoms with Gasteiger partial charge in [-0.05, 0) is 82.4 Å². The smallest absolute Gasteiger partial charge is 0.255 e. The number of allylic oxidation sites excluding steroid dienone is 1. The fraction of sp³-hybridized carbons (Fsp3) is 0.242. The van der Waals surface area contributed by atoms with Gasteiger partial charge in [0.25, 0.3) is 5.91 Å². The van der Waals surface area contributed by atoms with Crippen LogP contribution in [0.5, 0.6) is 28.7 Å². The number of rotatable bonds is 4. The summed E-state index contributed by atoms with van der Waals surface area (Å²) in [6, 6.07) is 12.4. The quantitative estimate of drug-likeness (QED) is 0.282. The topological polar surface area (TPSA) is 184 Å². The maximum absolute atomic E-state index is 14.5. The fourth-order valence-electron chi connectivity index (χ4n) is 7.42. The number of Topliss-reactive ketones (excluding diaryl/α,β-unsaturated/α-hetero) is 2. The molecule has 0 saturated carbocycles. The van der Waals surface area contributed by atoms with Crippen LogP contribution in [-0.2, 0) is 16.0 Å². The largest absolute Gasteiger partial charge is 0.511 e. The first kappa shape index (κ1) is 26.9. The van der Waals surface area contributed by atoms with Gasteiger partial charge in [0, 0.05) is 17.6 Å². The van der Waals surface area contributed by atoms with Gasteiger partial charge in [-0.15, -0.1) is 4.91 Å². The van der Waals surface area contributed by atoms with E-state index in [2.05, 4.69) is 5.18 Å². The molecule has 12 heteroatoms. The molecule has 0 aromatic heterocycles. The van der Waals surface area contributed by atoms with E-state index >= 15 is 0 Å². The van der Waals surface area contributed by atoms with E-state index in [1.807, 2.05) is 6.07 Å². The SMILES string of the molecule is NC(=O)C1=C(O)C2C(N=O)=C3C(=O)c4c(O)c(-c5ccc6c(c5)OCO6)cc(-c5ccc6c(c5)OCO6)c4CC3CC2CC1=O. The highest BCUT2D eigenvalue weighted by Crippen LogP contribution is 2.54. The van der Waals surface area contributed by atoms with E-state index in [4.69, 9.17) is 24.7 Å². The lowest BCUT2D eigenvalue weighted by Crippen LogP contribution is -2.41. The number of aliphatic hydroxyl groups excluding tert-OH is 1. The molecule has 3 aromatic rings. The molecule has 3 unspecified atom stereocenters. The zero-order chi connectivity index (χ0) is 31.1. The van der Waals surface area contributed by atoms with Gasteiger partial charge in [0.05, 0.1) is 11.5 Å². The van der Waals surface area contributed by atoms with Crippen molar-refractivity contribution < 1.29 is 43.5 Å². The second kappa shape index (κ2) is 9.68. The molecule has 8 rings (SSSR count). The summed E-state index contributed by atoms with van der Waals surface area (Å²) in [6.45, 7) is 0.130. The van der Waals surface area contributed by atoms with Crippen LogP contribution in [0.2, 0.25) is 0 Å². The number of phenolic OH excluding ortho intramolecular Hbond substituents is 1. The van der Waals surface area contributed by atoms with Gasteiger partial charge in [0.2, 0.25) is 13.6 Å². The number of carbonyl (C=O) groups excluding carboxylic acids is 3. The van der Waals surface area contributed by atoms with Crippen LogP contribution in [0.3, 0.4) is 0 Å². The third-order valence-electron chi connectivity index (χ3n) is 9.36. The van der Waals surface area contributed by atoms with Gasteiger partial charge in [-0.2, -0.15) is 0 Å². The van der Waals surface area contributed by atoms with Crippen LogP contribution in [0.1, 0.15) is 28.8 Å². The molecule has 0 bridgehead atoms. The molecule has 0 fully saturated rings. The van der Waals surface area contributed by atoms with E-state index in [0.29, 0.717) is 50.8 Å². The summed E-state index contributed by atoms with van der Waals surface area (Å²) < 4.78 is 22.1. The lowest BCUT2D eigenvalue weighted by Gasteiger charge is -2.41. The molecule has 3 atom stereocenters. The Labute approximate surface area is 254 Å². The maximum Gasteiger partial charge on any atom is 0.255 e. The number of nitrogens with zero attached hydrogens (tertiary/aromatic N) is 1. The first-order valence-electron chi connectivity index (χ1n) is 14.3. The van der Waals surface area contributed by atoms with Gasteiger partial charge in [0.1, 0.15) is 22.8 Å². The number of ether oxygens (including phenoxy) is 4. The van der Waals surface area contributed by atoms with Crippen LogP contribution < -0.4 is 24.7 Å². The van der Waals surface area contributed by atoms with Crippen molar-refractivity contribution in [2.75, 3.05) is 13.6 Å². The zero-order valence-corrected chi connectivity index (χ0v) is 23.5. The summed E-state index contributed by atoms with van der Waals surface area (Å²) in [7, 11) is 0. The number of primary amides is 1. The van der Waals surface area contributed by atoms with Gasteiger partial charge in [0.15, 0.2) is 34.6 Å². The third-order valence-corrected chi connectivity index (χ3v) is 9.36. The predicted octanol–water partition coefficient (Wildman–Crippen LogP) is 4.47. The number of aromatic hydroxyl groups is 1. The van der Waals surface area contributed by atoms with Crippen molar-refractivity contribution >= 4 is 17.5 Å². The van der Waals surface area contributed by atoms with E-state index in [0.717, 1.165) is 0 Å². The Balaban J connectivity index is 1.36. The van der Waals surface area contributed by atoms with Crippen molar-refractivity contribution in [3.05, 3.63) is 81.1 Å². The summed E-state index contributed by atoms with van der Waals surface area (Å²) in [5.74, 6) is -3.44. The van der Waals surface area contributed by atoms with Crippen LogP contribution in [0.25, 0.3) is 22.3 Å². The van der Waals surface area contributed by atoms with E-state index in [-0.39, 0.29) is 55.4 Å². The monoisotopic (exact) mass is 608 g/mol. The Morgan fingerprint density at radius 3 is 2.09 bits per heavy atom. The molecule has 5 aliphatic rings. The molecule has 0 saturated heterocycles. The molecular weight excluding hydrogens is 584 g/mol. The van der Waals surface area contributed by atoms with Gasteiger partial charge >= 0.3 is 0 Å². The number of phenols is 1. The molecule has 12 nitrogen and oxygen atoms in total. The number of ketones is 2. The van der Waals surface area contributed by atoms with Gasteiger partial charge in [-0.25, -0.2) is 0 Å². The van der Waals surface area contributed by atoms with Crippen LogP contribution in [0, 0.1) is 22.7 Å². The molecule has 3 aliphatic carbocycles. The number of nitrogens with two attached hydrogens (primary N) is 1. The van der Waals surface area contributed by atoms with Crippen molar-refractivity contribution in [1.82, 2.24) is 0 Å². The average Bonchev–Trinajstić information content (AvgIpc) is 3.69. The minimum absolute atomic E-state index is 0.00540. The van der Waals surface area contributed by atoms with Crippen LogP contribution in [0.4, 0.5) is 0 Å². The molecule has 1 amide bonds. The molecule has 4 N–H and O–H groups in total. The Hall–Kier alpha value is -5.65. The number of hydrogen-bond donors (Lipinski definition) is 3. The second-order valence-corrected chi connectivity index (χ2v) is 11.7. The molecule has 3 aromatic carbocycles. The lowest BCUT2D eigenvalue weighted by atomic mass is 9.62. The second-order valence-electron chi connectivity index (χ2n) is 11.7. The number of nitroso groups, excluding NO2 is 1. The summed E-state index contributed by atoms with van der Waals surface area (Å²) in [5.41, 5.74) is 7.38. The number of aliphatic hydroxyl groups is 1. The Morgan fingerprint density at radius 1 is 0.844 bits per heavy atom. The normalized spacial score (nSPS) is 22.6. The van der Waals surface area contributed by atoms with Crippen LogP contribution in [0.15, 0.2) is 70.2 Å². The average molecular weight is 609 g/mol. The molecular formula is C33H24N2O10. The van der Waals surface area contributed by atoms with Crippen LogP contribution in [-0.4, -0.2) is 41.3 Å². The van der Waals surface area contributed by atoms with E-state index < -0.39 is 46.6 Å². The van der Waals surface area contributed by atoms with E-state index in [1.54, 1.807) is 36.4 Å². The standard InChI is InChI=1S/C33H24N2O10/c34-33(40)28-20(36)7-16-5-15-6-19-17(13-1-3-21-23(8-13)44-11-42-21)10-18(14-2-4-22-24(9-14)45-12-43-22)30(37)27(19)31(38)25(15)29(35-41)26(16)32(28)39/h1-4,8-10,15-16,26,37,39H,5-7,11-12H2,(H2,34,40). The van der Waals surface area contributed by atoms with Crippen molar-refractivity contribution in [2.45, 2.75) is 19.3 Å². The van der Waals surface area contributed by atoms with Crippen molar-refractivity contribution in [1.29, 1.82) is 0 Å². The van der Waals surface area contributed by atoms with Crippen LogP contribution >= 0.6 is 0 Å². The molecule has 0 radical (unpaired) electrons. The van der Waals surface area contributed by atoms with E-state index in [1.165, 1.54) is 0 Å². The summed E-state index contributed by atoms with van der Waals surface area (Å²) in [6.07, 6.45) is 0.357. The number of amides is 1. The Kier molecular flexibility index (Phi) is 5.79. The lowest BCUT2D eigenvalue weighted by molar-refractivity contribution is -0.123.